The molecule has 78 valence electrons. The van der Waals surface area contributed by atoms with Crippen molar-refractivity contribution in [2.45, 2.75) is 4.90 Å². The van der Waals surface area contributed by atoms with Gasteiger partial charge < -0.3 is 5.32 Å². The van der Waals surface area contributed by atoms with Gasteiger partial charge in [0, 0.05) is 6.54 Å². The van der Waals surface area contributed by atoms with Crippen LogP contribution in [-0.2, 0) is 9.84 Å². The van der Waals surface area contributed by atoms with Crippen molar-refractivity contribution in [2.24, 2.45) is 0 Å². The monoisotopic (exact) mass is 217 g/mol. The van der Waals surface area contributed by atoms with Crippen molar-refractivity contribution >= 4 is 9.84 Å². The molecule has 0 aliphatic rings. The molecule has 0 aliphatic heterocycles. The number of rotatable bonds is 4. The van der Waals surface area contributed by atoms with E-state index in [0.29, 0.717) is 6.54 Å². The fourth-order valence-electron chi connectivity index (χ4n) is 0.996. The molecule has 5 heteroatoms. The lowest BCUT2D eigenvalue weighted by Gasteiger charge is -2.03. The molecular weight excluding hydrogens is 205 g/mol. The third-order valence-electron chi connectivity index (χ3n) is 1.79. The highest BCUT2D eigenvalue weighted by atomic mass is 32.2. The normalized spacial score (nSPS) is 11.6. The van der Waals surface area contributed by atoms with E-state index in [2.05, 4.69) is 5.32 Å². The van der Waals surface area contributed by atoms with Crippen molar-refractivity contribution in [3.8, 4) is 0 Å². The van der Waals surface area contributed by atoms with Crippen LogP contribution in [0.15, 0.2) is 29.2 Å². The maximum Gasteiger partial charge on any atom is 0.179 e. The van der Waals surface area contributed by atoms with Crippen molar-refractivity contribution in [1.82, 2.24) is 5.32 Å². The summed E-state index contributed by atoms with van der Waals surface area (Å²) in [6.07, 6.45) is 0. The maximum absolute atomic E-state index is 12.5. The fourth-order valence-corrected chi connectivity index (χ4v) is 2.26. The van der Waals surface area contributed by atoms with Crippen molar-refractivity contribution < 1.29 is 12.8 Å². The zero-order valence-corrected chi connectivity index (χ0v) is 8.64. The molecule has 0 bridgehead atoms. The van der Waals surface area contributed by atoms with Gasteiger partial charge in [0.15, 0.2) is 9.84 Å². The van der Waals surface area contributed by atoms with Crippen LogP contribution in [-0.4, -0.2) is 27.8 Å². The van der Waals surface area contributed by atoms with Gasteiger partial charge in [-0.25, -0.2) is 12.8 Å². The molecule has 1 N–H and O–H groups in total. The van der Waals surface area contributed by atoms with Gasteiger partial charge in [0.2, 0.25) is 0 Å². The molecule has 0 amide bonds. The van der Waals surface area contributed by atoms with E-state index in [1.165, 1.54) is 12.1 Å². The Morgan fingerprint density at radius 2 is 1.86 bits per heavy atom. The van der Waals surface area contributed by atoms with E-state index in [4.69, 9.17) is 0 Å². The van der Waals surface area contributed by atoms with Gasteiger partial charge in [-0.1, -0.05) is 0 Å². The van der Waals surface area contributed by atoms with Gasteiger partial charge in [0.1, 0.15) is 5.82 Å². The standard InChI is InChI=1S/C9H12FNO2S/c1-11-6-7-14(12,13)9-4-2-8(10)3-5-9/h2-5,11H,6-7H2,1H3. The summed E-state index contributed by atoms with van der Waals surface area (Å²) in [5.41, 5.74) is 0. The van der Waals surface area contributed by atoms with Crippen LogP contribution in [0.1, 0.15) is 0 Å². The van der Waals surface area contributed by atoms with Crippen LogP contribution in [0.25, 0.3) is 0 Å². The molecule has 14 heavy (non-hydrogen) atoms. The Labute approximate surface area is 82.9 Å². The second-order valence-electron chi connectivity index (χ2n) is 2.88. The minimum absolute atomic E-state index is 0.0229. The summed E-state index contributed by atoms with van der Waals surface area (Å²) in [7, 11) is -1.59. The SMILES string of the molecule is CNCCS(=O)(=O)c1ccc(F)cc1. The molecule has 1 rings (SSSR count). The minimum atomic E-state index is -3.27. The minimum Gasteiger partial charge on any atom is -0.319 e. The molecule has 0 saturated heterocycles. The highest BCUT2D eigenvalue weighted by Gasteiger charge is 2.12. The van der Waals surface area contributed by atoms with Crippen LogP contribution in [0, 0.1) is 5.82 Å². The van der Waals surface area contributed by atoms with E-state index in [-0.39, 0.29) is 10.6 Å². The molecule has 0 saturated carbocycles. The Morgan fingerprint density at radius 3 is 2.36 bits per heavy atom. The average molecular weight is 217 g/mol. The Kier molecular flexibility index (Phi) is 3.60. The van der Waals surface area contributed by atoms with E-state index in [0.717, 1.165) is 12.1 Å². The number of nitrogens with one attached hydrogen (secondary N) is 1. The second-order valence-corrected chi connectivity index (χ2v) is 4.99. The number of hydrogen-bond acceptors (Lipinski definition) is 3. The summed E-state index contributed by atoms with van der Waals surface area (Å²) in [6, 6.07) is 4.85. The Hall–Kier alpha value is -0.940. The van der Waals surface area contributed by atoms with Crippen LogP contribution in [0.3, 0.4) is 0 Å². The van der Waals surface area contributed by atoms with E-state index < -0.39 is 15.7 Å². The summed E-state index contributed by atoms with van der Waals surface area (Å²) >= 11 is 0. The van der Waals surface area contributed by atoms with Gasteiger partial charge in [-0.15, -0.1) is 0 Å². The predicted octanol–water partition coefficient (Wildman–Crippen LogP) is 0.819. The summed E-state index contributed by atoms with van der Waals surface area (Å²) < 4.78 is 35.6. The first-order valence-corrected chi connectivity index (χ1v) is 5.84. The van der Waals surface area contributed by atoms with Crippen LogP contribution < -0.4 is 5.32 Å². The zero-order chi connectivity index (χ0) is 10.6. The maximum atomic E-state index is 12.5. The van der Waals surface area contributed by atoms with Crippen molar-refractivity contribution in [2.75, 3.05) is 19.3 Å². The number of halogens is 1. The molecular formula is C9H12FNO2S. The fraction of sp³-hybridized carbons (Fsp3) is 0.333. The molecule has 0 atom stereocenters. The Bertz CT molecular complexity index is 386. The summed E-state index contributed by atoms with van der Waals surface area (Å²) in [4.78, 5) is 0.161. The highest BCUT2D eigenvalue weighted by molar-refractivity contribution is 7.91. The summed E-state index contributed by atoms with van der Waals surface area (Å²) in [6.45, 7) is 0.389. The first-order chi connectivity index (χ1) is 6.56. The van der Waals surface area contributed by atoms with Gasteiger partial charge in [-0.3, -0.25) is 0 Å². The average Bonchev–Trinajstić information content (AvgIpc) is 2.16. The van der Waals surface area contributed by atoms with Gasteiger partial charge in [0.25, 0.3) is 0 Å². The third-order valence-corrected chi connectivity index (χ3v) is 3.53. The largest absolute Gasteiger partial charge is 0.319 e. The lowest BCUT2D eigenvalue weighted by atomic mass is 10.4. The topological polar surface area (TPSA) is 46.2 Å². The molecule has 0 spiro atoms. The molecule has 0 radical (unpaired) electrons. The first-order valence-electron chi connectivity index (χ1n) is 4.19. The summed E-state index contributed by atoms with van der Waals surface area (Å²) in [5, 5.41) is 2.75. The molecule has 0 aliphatic carbocycles. The molecule has 0 aromatic heterocycles. The van der Waals surface area contributed by atoms with Crippen molar-refractivity contribution in [1.29, 1.82) is 0 Å². The van der Waals surface area contributed by atoms with Crippen LogP contribution in [0.4, 0.5) is 4.39 Å². The van der Waals surface area contributed by atoms with Crippen LogP contribution in [0.2, 0.25) is 0 Å². The van der Waals surface area contributed by atoms with E-state index in [1.807, 2.05) is 0 Å². The molecule has 1 aromatic carbocycles. The summed E-state index contributed by atoms with van der Waals surface area (Å²) in [5.74, 6) is -0.410. The lowest BCUT2D eigenvalue weighted by Crippen LogP contribution is -2.19. The Balaban J connectivity index is 2.87. The number of benzene rings is 1. The van der Waals surface area contributed by atoms with Crippen molar-refractivity contribution in [3.63, 3.8) is 0 Å². The third kappa shape index (κ3) is 2.78. The van der Waals surface area contributed by atoms with E-state index in [1.54, 1.807) is 7.05 Å². The second kappa shape index (κ2) is 4.52. The van der Waals surface area contributed by atoms with E-state index >= 15 is 0 Å². The zero-order valence-electron chi connectivity index (χ0n) is 7.83. The van der Waals surface area contributed by atoms with Gasteiger partial charge in [-0.2, -0.15) is 0 Å². The Morgan fingerprint density at radius 1 is 1.29 bits per heavy atom. The molecule has 0 fully saturated rings. The molecule has 0 unspecified atom stereocenters. The molecule has 1 aromatic rings. The van der Waals surface area contributed by atoms with Crippen LogP contribution in [0.5, 0.6) is 0 Å². The van der Waals surface area contributed by atoms with Crippen molar-refractivity contribution in [3.05, 3.63) is 30.1 Å². The number of hydrogen-bond donors (Lipinski definition) is 1. The van der Waals surface area contributed by atoms with Gasteiger partial charge >= 0.3 is 0 Å². The van der Waals surface area contributed by atoms with Gasteiger partial charge in [-0.05, 0) is 31.3 Å². The number of sulfone groups is 1. The van der Waals surface area contributed by atoms with E-state index in [9.17, 15) is 12.8 Å². The molecule has 3 nitrogen and oxygen atoms in total. The molecule has 0 heterocycles. The van der Waals surface area contributed by atoms with Crippen LogP contribution >= 0.6 is 0 Å². The quantitative estimate of drug-likeness (QED) is 0.759. The lowest BCUT2D eigenvalue weighted by molar-refractivity contribution is 0.592. The smallest absolute Gasteiger partial charge is 0.179 e. The highest BCUT2D eigenvalue weighted by Crippen LogP contribution is 2.11. The predicted molar refractivity (Wildman–Crippen MR) is 52.4 cm³/mol. The first kappa shape index (κ1) is 11.1. The van der Waals surface area contributed by atoms with Gasteiger partial charge in [0.05, 0.1) is 10.6 Å².